The number of nitrogens with zero attached hydrogens (tertiary/aromatic N) is 2. The number of aryl methyl sites for hydroxylation is 1. The molecule has 118 valence electrons. The normalized spacial score (nSPS) is 15.6. The highest BCUT2D eigenvalue weighted by molar-refractivity contribution is 7.14. The molecule has 0 aliphatic heterocycles. The fraction of sp³-hybridized carbons (Fsp3) is 0.278. The van der Waals surface area contributed by atoms with Crippen LogP contribution in [0.4, 0.5) is 5.13 Å². The summed E-state index contributed by atoms with van der Waals surface area (Å²) in [6, 6.07) is 7.75. The minimum Gasteiger partial charge on any atom is -0.289 e. The fourth-order valence-corrected chi connectivity index (χ4v) is 3.68. The first kappa shape index (κ1) is 15.6. The summed E-state index contributed by atoms with van der Waals surface area (Å²) < 4.78 is 0. The van der Waals surface area contributed by atoms with Crippen molar-refractivity contribution in [3.8, 4) is 0 Å². The van der Waals surface area contributed by atoms with Crippen LogP contribution in [0.2, 0.25) is 0 Å². The third-order valence-electron chi connectivity index (χ3n) is 3.98. The third-order valence-corrected chi connectivity index (χ3v) is 4.86. The van der Waals surface area contributed by atoms with Crippen molar-refractivity contribution in [1.29, 1.82) is 0 Å². The predicted molar refractivity (Wildman–Crippen MR) is 92.9 cm³/mol. The molecule has 0 fully saturated rings. The van der Waals surface area contributed by atoms with Crippen LogP contribution in [0.1, 0.15) is 41.9 Å². The summed E-state index contributed by atoms with van der Waals surface area (Å²) in [4.78, 5) is 30.3. The Kier molecular flexibility index (Phi) is 4.39. The largest absolute Gasteiger partial charge is 0.289 e. The van der Waals surface area contributed by atoms with E-state index in [9.17, 15) is 9.59 Å². The zero-order valence-corrected chi connectivity index (χ0v) is 14.0. The molecule has 1 heterocycles. The highest BCUT2D eigenvalue weighted by Gasteiger charge is 2.21. The maximum Gasteiger partial charge on any atom is 0.225 e. The van der Waals surface area contributed by atoms with E-state index in [1.807, 2.05) is 42.6 Å². The molecule has 23 heavy (non-hydrogen) atoms. The van der Waals surface area contributed by atoms with Gasteiger partial charge in [-0.1, -0.05) is 24.3 Å². The molecule has 0 N–H and O–H groups in total. The van der Waals surface area contributed by atoms with E-state index < -0.39 is 0 Å². The lowest BCUT2D eigenvalue weighted by Gasteiger charge is -2.16. The lowest BCUT2D eigenvalue weighted by molar-refractivity contribution is -0.116. The van der Waals surface area contributed by atoms with E-state index in [1.165, 1.54) is 18.3 Å². The van der Waals surface area contributed by atoms with E-state index in [0.717, 1.165) is 35.2 Å². The number of thiazole rings is 1. The minimum atomic E-state index is -0.0243. The Labute approximate surface area is 139 Å². The van der Waals surface area contributed by atoms with Crippen LogP contribution in [0, 0.1) is 0 Å². The highest BCUT2D eigenvalue weighted by Crippen LogP contribution is 2.28. The Morgan fingerprint density at radius 1 is 1.35 bits per heavy atom. The number of hydrogen-bond acceptors (Lipinski definition) is 4. The second-order valence-electron chi connectivity index (χ2n) is 5.47. The number of ketones is 1. The Morgan fingerprint density at radius 2 is 2.13 bits per heavy atom. The number of rotatable bonds is 3. The van der Waals surface area contributed by atoms with Gasteiger partial charge in [0.15, 0.2) is 10.9 Å². The molecule has 3 rings (SSSR count). The Bertz CT molecular complexity index is 792. The number of amides is 1. The molecule has 0 unspecified atom stereocenters. The van der Waals surface area contributed by atoms with Gasteiger partial charge < -0.3 is 0 Å². The molecule has 0 radical (unpaired) electrons. The number of carbonyl (C=O) groups is 2. The van der Waals surface area contributed by atoms with Gasteiger partial charge in [0.1, 0.15) is 0 Å². The molecule has 1 aromatic heterocycles. The van der Waals surface area contributed by atoms with Crippen molar-refractivity contribution in [3.63, 3.8) is 0 Å². The number of aromatic nitrogens is 1. The molecule has 0 spiro atoms. The molecular weight excluding hydrogens is 308 g/mol. The van der Waals surface area contributed by atoms with Gasteiger partial charge >= 0.3 is 0 Å². The second-order valence-corrected chi connectivity index (χ2v) is 6.31. The minimum absolute atomic E-state index is 0.0243. The number of fused-ring (bicyclic) bond motifs is 1. The monoisotopic (exact) mass is 326 g/mol. The lowest BCUT2D eigenvalue weighted by Crippen LogP contribution is -2.27. The number of anilines is 1. The first-order chi connectivity index (χ1) is 11.1. The fourth-order valence-electron chi connectivity index (χ4n) is 2.79. The molecule has 2 aromatic rings. The van der Waals surface area contributed by atoms with E-state index >= 15 is 0 Å². The van der Waals surface area contributed by atoms with E-state index in [0.29, 0.717) is 11.7 Å². The van der Waals surface area contributed by atoms with Crippen LogP contribution < -0.4 is 4.90 Å². The van der Waals surface area contributed by atoms with Crippen molar-refractivity contribution >= 4 is 34.2 Å². The summed E-state index contributed by atoms with van der Waals surface area (Å²) >= 11 is 1.42. The molecule has 0 bridgehead atoms. The van der Waals surface area contributed by atoms with Gasteiger partial charge in [0, 0.05) is 30.0 Å². The van der Waals surface area contributed by atoms with Gasteiger partial charge in [-0.05, 0) is 31.4 Å². The summed E-state index contributed by atoms with van der Waals surface area (Å²) in [7, 11) is 0. The number of allylic oxidation sites excluding steroid dienone is 1. The van der Waals surface area contributed by atoms with Crippen LogP contribution in [-0.4, -0.2) is 23.2 Å². The van der Waals surface area contributed by atoms with Crippen molar-refractivity contribution in [1.82, 2.24) is 4.98 Å². The summed E-state index contributed by atoms with van der Waals surface area (Å²) in [5, 5.41) is 2.57. The Hall–Kier alpha value is -2.27. The van der Waals surface area contributed by atoms with Gasteiger partial charge in [0.05, 0.1) is 5.69 Å². The van der Waals surface area contributed by atoms with Gasteiger partial charge in [0.25, 0.3) is 0 Å². The van der Waals surface area contributed by atoms with Crippen LogP contribution in [0.5, 0.6) is 0 Å². The average Bonchev–Trinajstić information content (AvgIpc) is 2.99. The van der Waals surface area contributed by atoms with Crippen molar-refractivity contribution in [3.05, 3.63) is 52.0 Å². The molecule has 1 aliphatic rings. The molecule has 0 atom stereocenters. The van der Waals surface area contributed by atoms with Crippen molar-refractivity contribution < 1.29 is 9.59 Å². The van der Waals surface area contributed by atoms with E-state index in [2.05, 4.69) is 4.98 Å². The van der Waals surface area contributed by atoms with Crippen LogP contribution in [0.25, 0.3) is 6.08 Å². The standard InChI is InChI=1S/C18H18N2O2S/c1-3-20(12(2)21)18-19-15(11-23-18)10-14-9-8-13-6-4-5-7-16(13)17(14)22/h4-7,10-11H,3,8-9H2,1-2H3/b14-10-. The zero-order chi connectivity index (χ0) is 16.4. The summed E-state index contributed by atoms with van der Waals surface area (Å²) in [6.45, 7) is 4.04. The Balaban J connectivity index is 1.87. The van der Waals surface area contributed by atoms with Gasteiger partial charge in [-0.3, -0.25) is 14.5 Å². The van der Waals surface area contributed by atoms with Crippen LogP contribution >= 0.6 is 11.3 Å². The van der Waals surface area contributed by atoms with E-state index in [-0.39, 0.29) is 11.7 Å². The van der Waals surface area contributed by atoms with Crippen LogP contribution in [-0.2, 0) is 11.2 Å². The Morgan fingerprint density at radius 3 is 2.87 bits per heavy atom. The summed E-state index contributed by atoms with van der Waals surface area (Å²) in [5.41, 5.74) is 3.43. The maximum absolute atomic E-state index is 12.6. The molecule has 4 nitrogen and oxygen atoms in total. The molecular formula is C18H18N2O2S. The number of hydrogen-bond donors (Lipinski definition) is 0. The summed E-state index contributed by atoms with van der Waals surface area (Å²) in [5.74, 6) is 0.0593. The molecule has 1 aliphatic carbocycles. The maximum atomic E-state index is 12.6. The van der Waals surface area contributed by atoms with Gasteiger partial charge in [-0.2, -0.15) is 0 Å². The smallest absolute Gasteiger partial charge is 0.225 e. The van der Waals surface area contributed by atoms with E-state index in [1.54, 1.807) is 4.90 Å². The first-order valence-corrected chi connectivity index (χ1v) is 8.55. The number of Topliss-reactive ketones (excluding diaryl/α,β-unsaturated/α-hetero) is 1. The third kappa shape index (κ3) is 3.10. The van der Waals surface area contributed by atoms with Gasteiger partial charge in [0.2, 0.25) is 5.91 Å². The lowest BCUT2D eigenvalue weighted by atomic mass is 9.86. The highest BCUT2D eigenvalue weighted by atomic mass is 32.1. The quantitative estimate of drug-likeness (QED) is 0.808. The van der Waals surface area contributed by atoms with Gasteiger partial charge in [-0.25, -0.2) is 4.98 Å². The molecule has 5 heteroatoms. The number of carbonyl (C=O) groups excluding carboxylic acids is 2. The number of benzene rings is 1. The molecule has 1 amide bonds. The van der Waals surface area contributed by atoms with Crippen LogP contribution in [0.3, 0.4) is 0 Å². The topological polar surface area (TPSA) is 50.3 Å². The van der Waals surface area contributed by atoms with E-state index in [4.69, 9.17) is 0 Å². The SMILES string of the molecule is CCN(C(C)=O)c1nc(/C=C2/CCc3ccccc3C2=O)cs1. The van der Waals surface area contributed by atoms with Crippen LogP contribution in [0.15, 0.2) is 35.2 Å². The average molecular weight is 326 g/mol. The van der Waals surface area contributed by atoms with Crippen molar-refractivity contribution in [2.45, 2.75) is 26.7 Å². The van der Waals surface area contributed by atoms with Crippen molar-refractivity contribution in [2.24, 2.45) is 0 Å². The second kappa shape index (κ2) is 6.46. The van der Waals surface area contributed by atoms with Crippen molar-refractivity contribution in [2.75, 3.05) is 11.4 Å². The predicted octanol–water partition coefficient (Wildman–Crippen LogP) is 3.73. The molecule has 0 saturated heterocycles. The zero-order valence-electron chi connectivity index (χ0n) is 13.2. The molecule has 0 saturated carbocycles. The summed E-state index contributed by atoms with van der Waals surface area (Å²) in [6.07, 6.45) is 3.46. The van der Waals surface area contributed by atoms with Gasteiger partial charge in [-0.15, -0.1) is 11.3 Å². The molecule has 1 aromatic carbocycles. The first-order valence-electron chi connectivity index (χ1n) is 7.67.